The minimum atomic E-state index is -3.60. The largest absolute Gasteiger partial charge is 0.368 e. The van der Waals surface area contributed by atoms with Gasteiger partial charge in [-0.25, -0.2) is 16.8 Å². The summed E-state index contributed by atoms with van der Waals surface area (Å²) in [5.41, 5.74) is -1.28. The van der Waals surface area contributed by atoms with Crippen molar-refractivity contribution >= 4 is 66.1 Å². The second kappa shape index (κ2) is 10.6. The van der Waals surface area contributed by atoms with Crippen molar-refractivity contribution in [1.29, 1.82) is 0 Å². The predicted octanol–water partition coefficient (Wildman–Crippen LogP) is 6.40. The molecule has 5 nitrogen and oxygen atoms in total. The normalized spacial score (nSPS) is 13.3. The summed E-state index contributed by atoms with van der Waals surface area (Å²) in [6.45, 7) is 6.47. The second-order valence-corrected chi connectivity index (χ2v) is 14.9. The van der Waals surface area contributed by atoms with Gasteiger partial charge in [-0.05, 0) is 63.1 Å². The molecule has 0 atom stereocenters. The molecular weight excluding hydrogens is 550 g/mol. The quantitative estimate of drug-likeness (QED) is 0.327. The molecule has 0 heterocycles. The fourth-order valence-corrected chi connectivity index (χ4v) is 8.19. The second-order valence-electron chi connectivity index (χ2n) is 9.18. The third-order valence-corrected chi connectivity index (χ3v) is 9.72. The number of benzene rings is 2. The molecule has 0 unspecified atom stereocenters. The van der Waals surface area contributed by atoms with E-state index >= 15 is 0 Å². The summed E-state index contributed by atoms with van der Waals surface area (Å²) in [5, 5.41) is 1.22. The molecule has 184 valence electrons. The lowest BCUT2D eigenvalue weighted by Gasteiger charge is -2.35. The van der Waals surface area contributed by atoms with E-state index in [1.54, 1.807) is 39.8 Å². The number of halogens is 4. The first-order chi connectivity index (χ1) is 14.9. The molecule has 0 aromatic heterocycles. The minimum absolute atomic E-state index is 0.243. The molecule has 0 saturated carbocycles. The Bertz CT molecular complexity index is 1130. The molecule has 2 rings (SSSR count). The van der Waals surface area contributed by atoms with E-state index in [2.05, 4.69) is 0 Å². The van der Waals surface area contributed by atoms with Gasteiger partial charge < -0.3 is 4.74 Å². The third kappa shape index (κ3) is 9.55. The summed E-state index contributed by atoms with van der Waals surface area (Å²) in [4.78, 5) is 0. The smallest absolute Gasteiger partial charge is 0.157 e. The first-order valence-electron chi connectivity index (χ1n) is 9.88. The Balaban J connectivity index is 2.07. The summed E-state index contributed by atoms with van der Waals surface area (Å²) >= 11 is 23.7. The summed E-state index contributed by atoms with van der Waals surface area (Å²) in [7, 11) is -7.20. The molecule has 33 heavy (non-hydrogen) atoms. The van der Waals surface area contributed by atoms with Crippen LogP contribution in [0, 0.1) is 0 Å². The molecule has 11 heteroatoms. The van der Waals surface area contributed by atoms with E-state index < -0.39 is 30.9 Å². The number of sulfone groups is 2. The van der Waals surface area contributed by atoms with Crippen molar-refractivity contribution in [3.05, 3.63) is 67.6 Å². The van der Waals surface area contributed by atoms with E-state index in [1.807, 2.05) is 0 Å². The van der Waals surface area contributed by atoms with Crippen molar-refractivity contribution in [1.82, 2.24) is 0 Å². The van der Waals surface area contributed by atoms with Gasteiger partial charge in [0.15, 0.2) is 19.7 Å². The van der Waals surface area contributed by atoms with Crippen molar-refractivity contribution in [2.75, 3.05) is 11.5 Å². The Kier molecular flexibility index (Phi) is 9.22. The fourth-order valence-electron chi connectivity index (χ4n) is 3.73. The van der Waals surface area contributed by atoms with E-state index in [0.29, 0.717) is 21.2 Å². The van der Waals surface area contributed by atoms with Crippen LogP contribution in [0.15, 0.2) is 36.4 Å². The van der Waals surface area contributed by atoms with Crippen LogP contribution in [0.4, 0.5) is 0 Å². The zero-order valence-electron chi connectivity index (χ0n) is 18.7. The number of ether oxygens (including phenoxy) is 1. The molecule has 0 saturated heterocycles. The van der Waals surface area contributed by atoms with Crippen LogP contribution in [-0.2, 0) is 35.9 Å². The zero-order valence-corrected chi connectivity index (χ0v) is 23.3. The van der Waals surface area contributed by atoms with E-state index in [9.17, 15) is 16.8 Å². The van der Waals surface area contributed by atoms with Crippen molar-refractivity contribution in [3.8, 4) is 0 Å². The maximum atomic E-state index is 12.8. The summed E-state index contributed by atoms with van der Waals surface area (Å²) in [6, 6.07) is 9.29. The maximum Gasteiger partial charge on any atom is 0.157 e. The van der Waals surface area contributed by atoms with Crippen molar-refractivity contribution in [3.63, 3.8) is 0 Å². The van der Waals surface area contributed by atoms with Crippen molar-refractivity contribution < 1.29 is 21.6 Å². The van der Waals surface area contributed by atoms with Crippen LogP contribution in [0.5, 0.6) is 0 Å². The third-order valence-electron chi connectivity index (χ3n) is 4.43. The average Bonchev–Trinajstić information content (AvgIpc) is 2.57. The highest BCUT2D eigenvalue weighted by Gasteiger charge is 2.36. The van der Waals surface area contributed by atoms with Gasteiger partial charge in [-0.15, -0.1) is 0 Å². The molecule has 0 bridgehead atoms. The molecule has 0 spiro atoms. The van der Waals surface area contributed by atoms with Crippen LogP contribution >= 0.6 is 46.4 Å². The SMILES string of the molecule is CC(C)(CS(=O)(=O)Cc1ccc(Cl)c(Cl)c1)OC(C)(C)CS(=O)(=O)Cc1ccc(Cl)c(Cl)c1. The van der Waals surface area contributed by atoms with Gasteiger partial charge in [-0.1, -0.05) is 58.5 Å². The van der Waals surface area contributed by atoms with Gasteiger partial charge in [-0.3, -0.25) is 0 Å². The highest BCUT2D eigenvalue weighted by molar-refractivity contribution is 7.91. The Hall–Kier alpha value is -0.540. The first kappa shape index (κ1) is 28.7. The lowest BCUT2D eigenvalue weighted by atomic mass is 10.1. The number of hydrogen-bond acceptors (Lipinski definition) is 5. The standard InChI is InChI=1S/C22H26Cl4O5S2/c1-21(2,13-32(27,28)11-15-5-7-17(23)19(25)9-15)31-22(3,4)14-33(29,30)12-16-6-8-18(24)20(26)10-16/h5-10H,11-14H2,1-4H3. The van der Waals surface area contributed by atoms with E-state index in [4.69, 9.17) is 51.1 Å². The van der Waals surface area contributed by atoms with E-state index in [1.165, 1.54) is 24.3 Å². The molecule has 2 aromatic carbocycles. The van der Waals surface area contributed by atoms with Gasteiger partial charge in [0.25, 0.3) is 0 Å². The van der Waals surface area contributed by atoms with Crippen molar-refractivity contribution in [2.45, 2.75) is 50.4 Å². The minimum Gasteiger partial charge on any atom is -0.368 e. The van der Waals surface area contributed by atoms with Gasteiger partial charge in [0, 0.05) is 0 Å². The van der Waals surface area contributed by atoms with E-state index in [0.717, 1.165) is 0 Å². The summed E-state index contributed by atoms with van der Waals surface area (Å²) in [6.07, 6.45) is 0. The molecule has 0 amide bonds. The predicted molar refractivity (Wildman–Crippen MR) is 137 cm³/mol. The number of hydrogen-bond donors (Lipinski definition) is 0. The molecule has 2 aromatic rings. The lowest BCUT2D eigenvalue weighted by molar-refractivity contribution is -0.0975. The highest BCUT2D eigenvalue weighted by Crippen LogP contribution is 2.28. The average molecular weight is 576 g/mol. The molecule has 0 fully saturated rings. The van der Waals surface area contributed by atoms with Gasteiger partial charge in [0.05, 0.1) is 54.3 Å². The Morgan fingerprint density at radius 3 is 1.27 bits per heavy atom. The highest BCUT2D eigenvalue weighted by atomic mass is 35.5. The van der Waals surface area contributed by atoms with E-state index in [-0.39, 0.29) is 33.1 Å². The van der Waals surface area contributed by atoms with Crippen LogP contribution < -0.4 is 0 Å². The van der Waals surface area contributed by atoms with Gasteiger partial charge >= 0.3 is 0 Å². The molecule has 0 aliphatic carbocycles. The Morgan fingerprint density at radius 1 is 0.636 bits per heavy atom. The lowest BCUT2D eigenvalue weighted by Crippen LogP contribution is -2.45. The first-order valence-corrected chi connectivity index (χ1v) is 15.0. The molecule has 0 N–H and O–H groups in total. The van der Waals surface area contributed by atoms with Gasteiger partial charge in [0.2, 0.25) is 0 Å². The molecule has 0 radical (unpaired) electrons. The fraction of sp³-hybridized carbons (Fsp3) is 0.455. The molecule has 0 aliphatic heterocycles. The monoisotopic (exact) mass is 574 g/mol. The Labute approximate surface area is 216 Å². The van der Waals surface area contributed by atoms with Crippen LogP contribution in [0.3, 0.4) is 0 Å². The molecule has 0 aliphatic rings. The molecular formula is C22H26Cl4O5S2. The van der Waals surface area contributed by atoms with Gasteiger partial charge in [0.1, 0.15) is 0 Å². The van der Waals surface area contributed by atoms with Crippen LogP contribution in [0.2, 0.25) is 20.1 Å². The zero-order chi connectivity index (χ0) is 25.2. The Morgan fingerprint density at radius 2 is 0.970 bits per heavy atom. The summed E-state index contributed by atoms with van der Waals surface area (Å²) in [5.74, 6) is -1.10. The van der Waals surface area contributed by atoms with Gasteiger partial charge in [-0.2, -0.15) is 0 Å². The van der Waals surface area contributed by atoms with Crippen LogP contribution in [0.1, 0.15) is 38.8 Å². The summed E-state index contributed by atoms with van der Waals surface area (Å²) < 4.78 is 57.1. The van der Waals surface area contributed by atoms with Crippen molar-refractivity contribution in [2.24, 2.45) is 0 Å². The number of rotatable bonds is 10. The van der Waals surface area contributed by atoms with Crippen LogP contribution in [-0.4, -0.2) is 39.5 Å². The maximum absolute atomic E-state index is 12.8. The topological polar surface area (TPSA) is 77.5 Å². The van der Waals surface area contributed by atoms with Crippen LogP contribution in [0.25, 0.3) is 0 Å².